The van der Waals surface area contributed by atoms with Crippen LogP contribution in [-0.2, 0) is 9.84 Å². The SMILES string of the molecule is CC(C)CS(=O)(=O)c1ccc(Br)c(C(=O)O)c1. The third-order valence-electron chi connectivity index (χ3n) is 2.08. The smallest absolute Gasteiger partial charge is 0.336 e. The lowest BCUT2D eigenvalue weighted by atomic mass is 10.2. The summed E-state index contributed by atoms with van der Waals surface area (Å²) in [6.07, 6.45) is 0. The minimum Gasteiger partial charge on any atom is -0.478 e. The first-order valence-corrected chi connectivity index (χ1v) is 7.44. The summed E-state index contributed by atoms with van der Waals surface area (Å²) in [5, 5.41) is 8.91. The van der Waals surface area contributed by atoms with Crippen LogP contribution in [0.15, 0.2) is 27.6 Å². The first-order chi connectivity index (χ1) is 7.74. The van der Waals surface area contributed by atoms with Crippen LogP contribution in [0.25, 0.3) is 0 Å². The molecule has 0 spiro atoms. The Morgan fingerprint density at radius 3 is 2.47 bits per heavy atom. The van der Waals surface area contributed by atoms with E-state index in [4.69, 9.17) is 5.11 Å². The van der Waals surface area contributed by atoms with E-state index in [0.717, 1.165) is 0 Å². The van der Waals surface area contributed by atoms with Gasteiger partial charge in [-0.05, 0) is 40.0 Å². The van der Waals surface area contributed by atoms with Gasteiger partial charge in [0.1, 0.15) is 0 Å². The van der Waals surface area contributed by atoms with E-state index in [0.29, 0.717) is 4.47 Å². The van der Waals surface area contributed by atoms with Gasteiger partial charge in [0.15, 0.2) is 9.84 Å². The van der Waals surface area contributed by atoms with E-state index in [1.54, 1.807) is 13.8 Å². The third kappa shape index (κ3) is 3.54. The highest BCUT2D eigenvalue weighted by Crippen LogP contribution is 2.22. The van der Waals surface area contributed by atoms with Crippen LogP contribution < -0.4 is 0 Å². The molecule has 1 aromatic rings. The quantitative estimate of drug-likeness (QED) is 0.925. The summed E-state index contributed by atoms with van der Waals surface area (Å²) in [4.78, 5) is 10.9. The second kappa shape index (κ2) is 5.18. The molecule has 94 valence electrons. The molecule has 0 aliphatic heterocycles. The summed E-state index contributed by atoms with van der Waals surface area (Å²) in [5.74, 6) is -1.15. The highest BCUT2D eigenvalue weighted by Gasteiger charge is 2.19. The molecule has 0 atom stereocenters. The molecule has 0 saturated carbocycles. The number of rotatable bonds is 4. The van der Waals surface area contributed by atoms with E-state index in [-0.39, 0.29) is 22.1 Å². The predicted octanol–water partition coefficient (Wildman–Crippen LogP) is 2.58. The summed E-state index contributed by atoms with van der Waals surface area (Å²) in [5.41, 5.74) is -0.0465. The van der Waals surface area contributed by atoms with E-state index in [9.17, 15) is 13.2 Å². The fraction of sp³-hybridized carbons (Fsp3) is 0.364. The zero-order valence-electron chi connectivity index (χ0n) is 9.47. The predicted molar refractivity (Wildman–Crippen MR) is 68.0 cm³/mol. The van der Waals surface area contributed by atoms with E-state index < -0.39 is 15.8 Å². The van der Waals surface area contributed by atoms with Crippen molar-refractivity contribution in [3.8, 4) is 0 Å². The Balaban J connectivity index is 3.25. The average Bonchev–Trinajstić information content (AvgIpc) is 2.15. The maximum atomic E-state index is 11.9. The fourth-order valence-corrected chi connectivity index (χ4v) is 3.46. The zero-order chi connectivity index (χ0) is 13.2. The molecule has 0 unspecified atom stereocenters. The molecule has 0 aromatic heterocycles. The number of carboxylic acids is 1. The molecule has 0 aliphatic rings. The van der Waals surface area contributed by atoms with Gasteiger partial charge in [0, 0.05) is 4.47 Å². The van der Waals surface area contributed by atoms with E-state index in [1.807, 2.05) is 0 Å². The Labute approximate surface area is 109 Å². The second-order valence-corrected chi connectivity index (χ2v) is 7.01. The normalized spacial score (nSPS) is 11.8. The van der Waals surface area contributed by atoms with Crippen LogP contribution in [0.3, 0.4) is 0 Å². The summed E-state index contributed by atoms with van der Waals surface area (Å²) in [6, 6.07) is 4.04. The Bertz CT molecular complexity index is 534. The summed E-state index contributed by atoms with van der Waals surface area (Å²) >= 11 is 3.07. The number of carbonyl (C=O) groups is 1. The number of hydrogen-bond donors (Lipinski definition) is 1. The van der Waals surface area contributed by atoms with Gasteiger partial charge in [0.2, 0.25) is 0 Å². The van der Waals surface area contributed by atoms with Gasteiger partial charge in [0.25, 0.3) is 0 Å². The number of hydrogen-bond acceptors (Lipinski definition) is 3. The molecule has 0 radical (unpaired) electrons. The molecule has 1 N–H and O–H groups in total. The van der Waals surface area contributed by atoms with Gasteiger partial charge in [0.05, 0.1) is 16.2 Å². The van der Waals surface area contributed by atoms with Gasteiger partial charge in [-0.25, -0.2) is 13.2 Å². The van der Waals surface area contributed by atoms with Crippen molar-refractivity contribution < 1.29 is 18.3 Å². The number of halogens is 1. The molecule has 6 heteroatoms. The van der Waals surface area contributed by atoms with Crippen LogP contribution >= 0.6 is 15.9 Å². The largest absolute Gasteiger partial charge is 0.478 e. The Morgan fingerprint density at radius 2 is 2.00 bits per heavy atom. The Morgan fingerprint density at radius 1 is 1.41 bits per heavy atom. The van der Waals surface area contributed by atoms with Crippen molar-refractivity contribution in [3.63, 3.8) is 0 Å². The molecule has 0 heterocycles. The third-order valence-corrected chi connectivity index (χ3v) is 4.85. The fourth-order valence-electron chi connectivity index (χ4n) is 1.40. The van der Waals surface area contributed by atoms with Gasteiger partial charge in [-0.2, -0.15) is 0 Å². The standard InChI is InChI=1S/C11H13BrO4S/c1-7(2)6-17(15,16)8-3-4-10(12)9(5-8)11(13)14/h3-5,7H,6H2,1-2H3,(H,13,14). The van der Waals surface area contributed by atoms with Crippen LogP contribution in [0.4, 0.5) is 0 Å². The molecule has 1 aromatic carbocycles. The first kappa shape index (κ1) is 14.2. The maximum absolute atomic E-state index is 11.9. The van der Waals surface area contributed by atoms with Crippen molar-refractivity contribution in [3.05, 3.63) is 28.2 Å². The minimum atomic E-state index is -3.42. The molecular weight excluding hydrogens is 308 g/mol. The van der Waals surface area contributed by atoms with Crippen LogP contribution in [0.5, 0.6) is 0 Å². The lowest BCUT2D eigenvalue weighted by Gasteiger charge is -2.08. The van der Waals surface area contributed by atoms with Crippen molar-refractivity contribution in [2.24, 2.45) is 5.92 Å². The van der Waals surface area contributed by atoms with Gasteiger partial charge in [-0.15, -0.1) is 0 Å². The lowest BCUT2D eigenvalue weighted by Crippen LogP contribution is -2.12. The molecule has 0 fully saturated rings. The molecule has 0 saturated heterocycles. The van der Waals surface area contributed by atoms with Crippen LogP contribution in [0.1, 0.15) is 24.2 Å². The van der Waals surface area contributed by atoms with Crippen molar-refractivity contribution >= 4 is 31.7 Å². The van der Waals surface area contributed by atoms with E-state index in [2.05, 4.69) is 15.9 Å². The van der Waals surface area contributed by atoms with Gasteiger partial charge >= 0.3 is 5.97 Å². The molecule has 0 amide bonds. The maximum Gasteiger partial charge on any atom is 0.336 e. The number of carboxylic acid groups (broad SMARTS) is 1. The second-order valence-electron chi connectivity index (χ2n) is 4.12. The number of benzene rings is 1. The van der Waals surface area contributed by atoms with Crippen LogP contribution in [0, 0.1) is 5.92 Å². The molecule has 1 rings (SSSR count). The topological polar surface area (TPSA) is 71.4 Å². The van der Waals surface area contributed by atoms with Crippen LogP contribution in [0.2, 0.25) is 0 Å². The van der Waals surface area contributed by atoms with Crippen molar-refractivity contribution in [2.45, 2.75) is 18.7 Å². The van der Waals surface area contributed by atoms with Gasteiger partial charge < -0.3 is 5.11 Å². The number of sulfone groups is 1. The highest BCUT2D eigenvalue weighted by molar-refractivity contribution is 9.10. The van der Waals surface area contributed by atoms with Crippen LogP contribution in [-0.4, -0.2) is 25.2 Å². The molecule has 0 aliphatic carbocycles. The minimum absolute atomic E-state index is 0.00285. The molecule has 0 bridgehead atoms. The molecule has 4 nitrogen and oxygen atoms in total. The van der Waals surface area contributed by atoms with E-state index >= 15 is 0 Å². The molecular formula is C11H13BrO4S. The number of aromatic carboxylic acids is 1. The lowest BCUT2D eigenvalue weighted by molar-refractivity contribution is 0.0695. The van der Waals surface area contributed by atoms with Gasteiger partial charge in [-0.3, -0.25) is 0 Å². The van der Waals surface area contributed by atoms with Crippen molar-refractivity contribution in [1.29, 1.82) is 0 Å². The van der Waals surface area contributed by atoms with Crippen molar-refractivity contribution in [1.82, 2.24) is 0 Å². The Kier molecular flexibility index (Phi) is 4.32. The Hall–Kier alpha value is -0.880. The van der Waals surface area contributed by atoms with Gasteiger partial charge in [-0.1, -0.05) is 13.8 Å². The monoisotopic (exact) mass is 320 g/mol. The summed E-state index contributed by atoms with van der Waals surface area (Å²) in [7, 11) is -3.42. The zero-order valence-corrected chi connectivity index (χ0v) is 11.9. The summed E-state index contributed by atoms with van der Waals surface area (Å²) in [6.45, 7) is 3.60. The van der Waals surface area contributed by atoms with Crippen molar-refractivity contribution in [2.75, 3.05) is 5.75 Å². The summed E-state index contributed by atoms with van der Waals surface area (Å²) < 4.78 is 24.2. The highest BCUT2D eigenvalue weighted by atomic mass is 79.9. The first-order valence-electron chi connectivity index (χ1n) is 4.99. The average molecular weight is 321 g/mol. The molecule has 17 heavy (non-hydrogen) atoms. The van der Waals surface area contributed by atoms with E-state index in [1.165, 1.54) is 18.2 Å².